The van der Waals surface area contributed by atoms with Gasteiger partial charge in [-0.3, -0.25) is 4.79 Å². The van der Waals surface area contributed by atoms with Gasteiger partial charge in [0.05, 0.1) is 5.56 Å². The highest BCUT2D eigenvalue weighted by Crippen LogP contribution is 3.02. The van der Waals surface area contributed by atoms with E-state index in [1.54, 1.807) is 0 Å². The molecule has 2 rings (SSSR count). The van der Waals surface area contributed by atoms with E-state index in [0.717, 1.165) is 6.07 Å². The van der Waals surface area contributed by atoms with Gasteiger partial charge in [0, 0.05) is 5.56 Å². The minimum Gasteiger partial charge on any atom is -0.450 e. The zero-order chi connectivity index (χ0) is 20.4. The fourth-order valence-corrected chi connectivity index (χ4v) is 2.53. The predicted molar refractivity (Wildman–Crippen MR) is 85.6 cm³/mol. The normalized spacial score (nSPS) is 13.8. The number of esters is 2. The Hall–Kier alpha value is -2.95. The summed E-state index contributed by atoms with van der Waals surface area (Å²) in [6.45, 7) is -0.963. The number of rotatable bonds is 6. The van der Waals surface area contributed by atoms with E-state index in [9.17, 15) is 33.8 Å². The van der Waals surface area contributed by atoms with Crippen molar-refractivity contribution in [2.24, 2.45) is 0 Å². The Labute approximate surface area is 149 Å². The molecule has 0 heterocycles. The summed E-state index contributed by atoms with van der Waals surface area (Å²) in [5.74, 6) is -2.44. The van der Waals surface area contributed by atoms with Gasteiger partial charge >= 0.3 is 22.2 Å². The van der Waals surface area contributed by atoms with E-state index in [0.29, 0.717) is 17.9 Å². The number of carbonyl (C=O) groups excluding carboxylic acids is 3. The first-order valence-electron chi connectivity index (χ1n) is 7.06. The first-order valence-corrected chi connectivity index (χ1v) is 9.01. The summed E-state index contributed by atoms with van der Waals surface area (Å²) in [6.07, 6.45) is 0.563. The molecule has 0 unspecified atom stereocenters. The molecule has 0 radical (unpaired) electrons. The highest BCUT2D eigenvalue weighted by molar-refractivity contribution is 8.45. The fourth-order valence-electron chi connectivity index (χ4n) is 1.85. The van der Waals surface area contributed by atoms with Crippen molar-refractivity contribution in [3.05, 3.63) is 59.7 Å². The smallest absolute Gasteiger partial charge is 0.349 e. The molecule has 0 fully saturated rings. The number of hydrogen-bond donors (Lipinski definition) is 0. The third kappa shape index (κ3) is 5.78. The number of halogens is 5. The minimum atomic E-state index is -9.95. The van der Waals surface area contributed by atoms with Crippen LogP contribution in [0.2, 0.25) is 0 Å². The summed E-state index contributed by atoms with van der Waals surface area (Å²) in [5.41, 5.74) is -0.478. The first kappa shape index (κ1) is 20.4. The number of aldehydes is 1. The Bertz CT molecular complexity index is 894. The second-order valence-corrected chi connectivity index (χ2v) is 7.64. The quantitative estimate of drug-likeness (QED) is 0.293. The molecular weight excluding hydrogens is 399 g/mol. The molecule has 27 heavy (non-hydrogen) atoms. The van der Waals surface area contributed by atoms with Crippen molar-refractivity contribution >= 4 is 28.4 Å². The van der Waals surface area contributed by atoms with Gasteiger partial charge in [-0.2, -0.15) is 0 Å². The summed E-state index contributed by atoms with van der Waals surface area (Å²) in [5, 5.41) is 0. The standard InChI is InChI=1S/C16H11F5O5S/c17-27(18,19,20,21)14-3-1-2-12(8-14)16(24)25-10-15(23)26-13-6-4-11(9-22)5-7-13/h1-9H,10H2. The van der Waals surface area contributed by atoms with Crippen LogP contribution in [0, 0.1) is 0 Å². The van der Waals surface area contributed by atoms with Gasteiger partial charge in [0.15, 0.2) is 6.61 Å². The fraction of sp³-hybridized carbons (Fsp3) is 0.0625. The lowest BCUT2D eigenvalue weighted by molar-refractivity contribution is -0.137. The summed E-state index contributed by atoms with van der Waals surface area (Å²) in [6, 6.07) is 6.84. The summed E-state index contributed by atoms with van der Waals surface area (Å²) < 4.78 is 73.0. The number of carbonyl (C=O) groups is 3. The van der Waals surface area contributed by atoms with Crippen LogP contribution >= 0.6 is 10.2 Å². The molecule has 0 N–H and O–H groups in total. The summed E-state index contributed by atoms with van der Waals surface area (Å²) in [7, 11) is -9.95. The summed E-state index contributed by atoms with van der Waals surface area (Å²) in [4.78, 5) is 31.5. The molecule has 2 aromatic carbocycles. The van der Waals surface area contributed by atoms with E-state index < -0.39 is 39.2 Å². The van der Waals surface area contributed by atoms with Crippen LogP contribution in [0.5, 0.6) is 5.75 Å². The monoisotopic (exact) mass is 410 g/mol. The average Bonchev–Trinajstić information content (AvgIpc) is 2.58. The predicted octanol–water partition coefficient (Wildman–Crippen LogP) is 4.92. The van der Waals surface area contributed by atoms with Crippen molar-refractivity contribution < 1.29 is 43.3 Å². The van der Waals surface area contributed by atoms with Gasteiger partial charge < -0.3 is 9.47 Å². The maximum Gasteiger partial charge on any atom is 0.349 e. The van der Waals surface area contributed by atoms with Crippen LogP contribution < -0.4 is 4.74 Å². The lowest BCUT2D eigenvalue weighted by atomic mass is 10.2. The van der Waals surface area contributed by atoms with Crippen molar-refractivity contribution in [1.29, 1.82) is 0 Å². The van der Waals surface area contributed by atoms with E-state index in [2.05, 4.69) is 4.74 Å². The van der Waals surface area contributed by atoms with Crippen LogP contribution in [0.1, 0.15) is 20.7 Å². The lowest BCUT2D eigenvalue weighted by Gasteiger charge is -2.40. The van der Waals surface area contributed by atoms with Gasteiger partial charge in [0.1, 0.15) is 16.9 Å². The molecular formula is C16H11F5O5S. The zero-order valence-corrected chi connectivity index (χ0v) is 14.1. The topological polar surface area (TPSA) is 69.7 Å². The van der Waals surface area contributed by atoms with E-state index in [1.165, 1.54) is 24.3 Å². The van der Waals surface area contributed by atoms with Gasteiger partial charge in [0.2, 0.25) is 0 Å². The molecule has 0 bridgehead atoms. The summed E-state index contributed by atoms with van der Waals surface area (Å²) >= 11 is 0. The number of hydrogen-bond acceptors (Lipinski definition) is 5. The maximum absolute atomic E-state index is 12.8. The second kappa shape index (κ2) is 6.34. The maximum atomic E-state index is 12.8. The van der Waals surface area contributed by atoms with Gasteiger partial charge in [-0.25, -0.2) is 9.59 Å². The lowest BCUT2D eigenvalue weighted by Crippen LogP contribution is -2.19. The van der Waals surface area contributed by atoms with Crippen molar-refractivity contribution in [3.8, 4) is 5.75 Å². The molecule has 0 saturated heterocycles. The Balaban J connectivity index is 2.01. The molecule has 0 spiro atoms. The molecule has 11 heteroatoms. The largest absolute Gasteiger partial charge is 0.450 e. The van der Waals surface area contributed by atoms with Crippen molar-refractivity contribution in [3.63, 3.8) is 0 Å². The second-order valence-electron chi connectivity index (χ2n) is 5.23. The average molecular weight is 410 g/mol. The SMILES string of the molecule is O=Cc1ccc(OC(=O)COC(=O)c2cccc(S(F)(F)(F)(F)F)c2)cc1. The van der Waals surface area contributed by atoms with Gasteiger partial charge in [-0.1, -0.05) is 25.5 Å². The molecule has 0 aliphatic rings. The molecule has 0 aromatic heterocycles. The Morgan fingerprint density at radius 1 is 0.963 bits per heavy atom. The highest BCUT2D eigenvalue weighted by Gasteiger charge is 2.65. The van der Waals surface area contributed by atoms with Crippen LogP contribution in [0.3, 0.4) is 0 Å². The van der Waals surface area contributed by atoms with Crippen molar-refractivity contribution in [1.82, 2.24) is 0 Å². The van der Waals surface area contributed by atoms with Crippen LogP contribution in [0.4, 0.5) is 19.4 Å². The van der Waals surface area contributed by atoms with Crippen LogP contribution in [0.25, 0.3) is 0 Å². The van der Waals surface area contributed by atoms with Crippen molar-refractivity contribution in [2.75, 3.05) is 6.61 Å². The highest BCUT2D eigenvalue weighted by atomic mass is 32.5. The third-order valence-corrected chi connectivity index (χ3v) is 4.23. The van der Waals surface area contributed by atoms with E-state index in [4.69, 9.17) is 4.74 Å². The minimum absolute atomic E-state index is 0.0320. The Kier molecular flexibility index (Phi) is 4.78. The Morgan fingerprint density at radius 2 is 1.59 bits per heavy atom. The first-order chi connectivity index (χ1) is 12.3. The Morgan fingerprint density at radius 3 is 2.15 bits per heavy atom. The van der Waals surface area contributed by atoms with Gasteiger partial charge in [-0.15, -0.1) is 0 Å². The van der Waals surface area contributed by atoms with Gasteiger partial charge in [0.25, 0.3) is 0 Å². The van der Waals surface area contributed by atoms with Crippen LogP contribution in [-0.2, 0) is 9.53 Å². The molecule has 0 atom stereocenters. The zero-order valence-electron chi connectivity index (χ0n) is 13.2. The molecule has 0 aliphatic carbocycles. The molecule has 0 saturated carbocycles. The number of benzene rings is 2. The number of ether oxygens (including phenoxy) is 2. The van der Waals surface area contributed by atoms with E-state index >= 15 is 0 Å². The molecule has 146 valence electrons. The van der Waals surface area contributed by atoms with E-state index in [-0.39, 0.29) is 17.9 Å². The van der Waals surface area contributed by atoms with E-state index in [1.807, 2.05) is 0 Å². The molecule has 2 aromatic rings. The van der Waals surface area contributed by atoms with Crippen LogP contribution in [-0.4, -0.2) is 24.8 Å². The van der Waals surface area contributed by atoms with Crippen LogP contribution in [0.15, 0.2) is 53.4 Å². The van der Waals surface area contributed by atoms with Gasteiger partial charge in [-0.05, 0) is 42.5 Å². The third-order valence-electron chi connectivity index (χ3n) is 3.08. The molecule has 0 aliphatic heterocycles. The van der Waals surface area contributed by atoms with Crippen molar-refractivity contribution in [2.45, 2.75) is 4.90 Å². The molecule has 0 amide bonds. The molecule has 5 nitrogen and oxygen atoms in total.